The molecule has 0 fully saturated rings. The van der Waals surface area contributed by atoms with Gasteiger partial charge in [-0.2, -0.15) is 4.58 Å². The minimum atomic E-state index is -0.456. The first kappa shape index (κ1) is 26.9. The van der Waals surface area contributed by atoms with Gasteiger partial charge in [0.25, 0.3) is 5.91 Å². The minimum absolute atomic E-state index is 0.109. The maximum atomic E-state index is 14.5. The molecule has 38 heavy (non-hydrogen) atoms. The Bertz CT molecular complexity index is 1380. The summed E-state index contributed by atoms with van der Waals surface area (Å²) < 4.78 is 22.7. The number of benzene rings is 3. The van der Waals surface area contributed by atoms with E-state index in [0.717, 1.165) is 22.5 Å². The van der Waals surface area contributed by atoms with Crippen LogP contribution in [-0.2, 0) is 4.79 Å². The van der Waals surface area contributed by atoms with E-state index in [2.05, 4.69) is 16.8 Å². The van der Waals surface area contributed by atoms with Crippen molar-refractivity contribution in [3.05, 3.63) is 107 Å². The maximum absolute atomic E-state index is 14.5. The number of carbonyl (C=O) groups is 2. The van der Waals surface area contributed by atoms with Gasteiger partial charge in [0.15, 0.2) is 12.3 Å². The van der Waals surface area contributed by atoms with Crippen LogP contribution in [-0.4, -0.2) is 53.2 Å². The molecule has 0 radical (unpaired) electrons. The molecule has 4 rings (SSSR count). The number of amides is 2. The first-order valence-electron chi connectivity index (χ1n) is 12.6. The van der Waals surface area contributed by atoms with Crippen LogP contribution in [0.3, 0.4) is 0 Å². The number of rotatable bonds is 8. The molecule has 3 aromatic carbocycles. The highest BCUT2D eigenvalue weighted by Crippen LogP contribution is 2.27. The van der Waals surface area contributed by atoms with Gasteiger partial charge in [0.1, 0.15) is 17.7 Å². The fourth-order valence-electron chi connectivity index (χ4n) is 4.59. The zero-order valence-electron chi connectivity index (χ0n) is 22.0. The molecule has 1 atom stereocenters. The van der Waals surface area contributed by atoms with Gasteiger partial charge in [-0.1, -0.05) is 36.9 Å². The van der Waals surface area contributed by atoms with E-state index in [1.54, 1.807) is 29.7 Å². The lowest BCUT2D eigenvalue weighted by Crippen LogP contribution is -2.47. The molecule has 1 N–H and O–H groups in total. The van der Waals surface area contributed by atoms with E-state index >= 15 is 0 Å². The minimum Gasteiger partial charge on any atom is -0.484 e. The van der Waals surface area contributed by atoms with Crippen LogP contribution >= 0.6 is 0 Å². The molecule has 1 aliphatic rings. The number of halogens is 1. The van der Waals surface area contributed by atoms with Gasteiger partial charge in [-0.3, -0.25) is 9.69 Å². The highest BCUT2D eigenvalue weighted by molar-refractivity contribution is 6.05. The molecule has 3 aromatic rings. The summed E-state index contributed by atoms with van der Waals surface area (Å²) in [5, 5.41) is 2.91. The lowest BCUT2D eigenvalue weighted by atomic mass is 10.0. The summed E-state index contributed by atoms with van der Waals surface area (Å²) in [5.41, 5.74) is 4.26. The van der Waals surface area contributed by atoms with E-state index in [-0.39, 0.29) is 17.6 Å². The van der Waals surface area contributed by atoms with Crippen LogP contribution < -0.4 is 10.1 Å². The van der Waals surface area contributed by atoms with Crippen molar-refractivity contribution in [3.63, 3.8) is 0 Å². The Morgan fingerprint density at radius 3 is 2.50 bits per heavy atom. The van der Waals surface area contributed by atoms with E-state index in [0.29, 0.717) is 43.1 Å². The molecule has 0 bridgehead atoms. The zero-order chi connectivity index (χ0) is 27.2. The lowest BCUT2D eigenvalue weighted by Gasteiger charge is -2.29. The monoisotopic (exact) mass is 514 g/mol. The molecule has 1 aliphatic heterocycles. The third-order valence-electron chi connectivity index (χ3n) is 6.74. The Labute approximate surface area is 223 Å². The number of hydrogen-bond donors (Lipinski definition) is 1. The Hall–Kier alpha value is -4.10. The summed E-state index contributed by atoms with van der Waals surface area (Å²) in [6.45, 7) is 11.4. The molecule has 0 aliphatic carbocycles. The molecule has 2 amide bonds. The van der Waals surface area contributed by atoms with Gasteiger partial charge in [0.05, 0.1) is 13.1 Å². The number of nitrogens with zero attached hydrogens (tertiary/aromatic N) is 2. The van der Waals surface area contributed by atoms with Crippen LogP contribution in [0.1, 0.15) is 40.1 Å². The summed E-state index contributed by atoms with van der Waals surface area (Å²) in [5.74, 6) is -0.00643. The predicted molar refractivity (Wildman–Crippen MR) is 148 cm³/mol. The van der Waals surface area contributed by atoms with Gasteiger partial charge >= 0.3 is 5.91 Å². The fraction of sp³-hybridized carbons (Fsp3) is 0.258. The van der Waals surface area contributed by atoms with Gasteiger partial charge in [-0.25, -0.2) is 9.18 Å². The predicted octanol–water partition coefficient (Wildman–Crippen LogP) is 5.32. The largest absolute Gasteiger partial charge is 0.484 e. The average molecular weight is 515 g/mol. The molecule has 0 spiro atoms. The zero-order valence-corrected chi connectivity index (χ0v) is 22.0. The van der Waals surface area contributed by atoms with Crippen LogP contribution in [0.15, 0.2) is 79.4 Å². The van der Waals surface area contributed by atoms with E-state index in [9.17, 15) is 14.0 Å². The van der Waals surface area contributed by atoms with Crippen molar-refractivity contribution >= 4 is 23.2 Å². The van der Waals surface area contributed by atoms with E-state index < -0.39 is 6.10 Å². The summed E-state index contributed by atoms with van der Waals surface area (Å²) in [7, 11) is 0. The number of aryl methyl sites for hydroxylation is 2. The number of ether oxygens (including phenoxy) is 1. The van der Waals surface area contributed by atoms with Crippen molar-refractivity contribution in [2.75, 3.05) is 31.5 Å². The van der Waals surface area contributed by atoms with E-state index in [4.69, 9.17) is 4.74 Å². The van der Waals surface area contributed by atoms with Crippen LogP contribution in [0.25, 0.3) is 0 Å². The second-order valence-electron chi connectivity index (χ2n) is 9.58. The Morgan fingerprint density at radius 1 is 1.08 bits per heavy atom. The molecule has 0 unspecified atom stereocenters. The summed E-state index contributed by atoms with van der Waals surface area (Å²) in [6, 6.07) is 19.8. The van der Waals surface area contributed by atoms with Gasteiger partial charge in [0, 0.05) is 30.8 Å². The molecule has 0 saturated carbocycles. The standard InChI is InChI=1S/C31H32FN3O3/c1-5-30(36)35-16-15-34(19-23(35)4)20-29(24-12-11-21(2)28(32)18-24)38-26-13-14-27(22(3)17-26)31(37)33-25-9-7-6-8-10-25/h5-14,17-18,29H,1,15-16,19-20H2,2-4H3/p+1/t29-/m1/s1. The summed E-state index contributed by atoms with van der Waals surface area (Å²) in [6.07, 6.45) is 0.870. The maximum Gasteiger partial charge on any atom is 0.411 e. The van der Waals surface area contributed by atoms with Gasteiger partial charge < -0.3 is 10.1 Å². The number of carbonyl (C=O) groups excluding carboxylic acids is 2. The van der Waals surface area contributed by atoms with Crippen molar-refractivity contribution in [1.82, 2.24) is 4.90 Å². The second-order valence-corrected chi connectivity index (χ2v) is 9.58. The van der Waals surface area contributed by atoms with Crippen molar-refractivity contribution in [2.24, 2.45) is 0 Å². The Kier molecular flexibility index (Phi) is 8.48. The molecule has 7 heteroatoms. The van der Waals surface area contributed by atoms with E-state index in [1.807, 2.05) is 56.3 Å². The topological polar surface area (TPSA) is 61.6 Å². The molecule has 0 aromatic heterocycles. The van der Waals surface area contributed by atoms with Crippen molar-refractivity contribution in [2.45, 2.75) is 26.9 Å². The van der Waals surface area contributed by atoms with Crippen molar-refractivity contribution in [1.29, 1.82) is 0 Å². The number of hydrogen-bond acceptors (Lipinski definition) is 4. The third kappa shape index (κ3) is 6.42. The molecular weight excluding hydrogens is 481 g/mol. The first-order chi connectivity index (χ1) is 18.2. The molecular formula is C31H33FN3O3+. The van der Waals surface area contributed by atoms with Crippen LogP contribution in [0.2, 0.25) is 0 Å². The highest BCUT2D eigenvalue weighted by atomic mass is 19.1. The lowest BCUT2D eigenvalue weighted by molar-refractivity contribution is -0.451. The van der Waals surface area contributed by atoms with E-state index in [1.165, 1.54) is 12.1 Å². The Balaban J connectivity index is 1.55. The molecule has 6 nitrogen and oxygen atoms in total. The van der Waals surface area contributed by atoms with Gasteiger partial charge in [0.2, 0.25) is 0 Å². The molecule has 1 heterocycles. The van der Waals surface area contributed by atoms with Gasteiger partial charge in [-0.15, -0.1) is 0 Å². The number of para-hydroxylation sites is 1. The SMILES string of the molecule is C=CC(=O)[N+]1=C(C)CN(C[C@@H](Oc2ccc(C(=O)Nc3ccccc3)c(C)c2)c2ccc(C)c(F)c2)CC1. The molecule has 196 valence electrons. The summed E-state index contributed by atoms with van der Waals surface area (Å²) >= 11 is 0. The summed E-state index contributed by atoms with van der Waals surface area (Å²) in [4.78, 5) is 27.1. The quantitative estimate of drug-likeness (QED) is 0.327. The van der Waals surface area contributed by atoms with Crippen molar-refractivity contribution in [3.8, 4) is 5.75 Å². The second kappa shape index (κ2) is 12.0. The third-order valence-corrected chi connectivity index (χ3v) is 6.74. The average Bonchev–Trinajstić information content (AvgIpc) is 2.90. The number of nitrogens with one attached hydrogen (secondary N) is 1. The highest BCUT2D eigenvalue weighted by Gasteiger charge is 2.29. The number of anilines is 1. The van der Waals surface area contributed by atoms with Gasteiger partial charge in [-0.05, 0) is 66.9 Å². The normalized spacial score (nSPS) is 14.6. The first-order valence-corrected chi connectivity index (χ1v) is 12.6. The molecule has 0 saturated heterocycles. The fourth-order valence-corrected chi connectivity index (χ4v) is 4.59. The van der Waals surface area contributed by atoms with Crippen LogP contribution in [0.4, 0.5) is 10.1 Å². The van der Waals surface area contributed by atoms with Crippen LogP contribution in [0, 0.1) is 19.7 Å². The smallest absolute Gasteiger partial charge is 0.411 e. The van der Waals surface area contributed by atoms with Crippen LogP contribution in [0.5, 0.6) is 5.75 Å². The Morgan fingerprint density at radius 2 is 1.84 bits per heavy atom. The van der Waals surface area contributed by atoms with Crippen molar-refractivity contribution < 1.29 is 23.3 Å².